The molecule has 190 valence electrons. The van der Waals surface area contributed by atoms with Crippen LogP contribution in [-0.2, 0) is 14.8 Å². The Hall–Kier alpha value is -3.43. The monoisotopic (exact) mass is 529 g/mol. The maximum absolute atomic E-state index is 12.7. The van der Waals surface area contributed by atoms with Crippen molar-refractivity contribution < 1.29 is 22.7 Å². The lowest BCUT2D eigenvalue weighted by atomic mass is 10.1. The lowest BCUT2D eigenvalue weighted by Crippen LogP contribution is -2.50. The number of carbonyl (C=O) groups is 1. The maximum Gasteiger partial charge on any atom is 0.261 e. The van der Waals surface area contributed by atoms with Crippen LogP contribution < -0.4 is 19.1 Å². The molecule has 1 N–H and O–H groups in total. The first-order chi connectivity index (χ1) is 17.2. The van der Waals surface area contributed by atoms with Crippen molar-refractivity contribution >= 4 is 38.9 Å². The summed E-state index contributed by atoms with van der Waals surface area (Å²) in [4.78, 5) is 16.7. The third-order valence-corrected chi connectivity index (χ3v) is 7.59. The molecule has 3 aromatic carbocycles. The molecule has 3 aromatic rings. The van der Waals surface area contributed by atoms with Crippen LogP contribution in [0.15, 0.2) is 71.6 Å². The lowest BCUT2D eigenvalue weighted by Gasteiger charge is -2.36. The summed E-state index contributed by atoms with van der Waals surface area (Å²) in [5, 5.41) is 0.692. The molecule has 0 saturated carbocycles. The number of methoxy groups -OCH3 is 1. The number of rotatable bonds is 8. The Morgan fingerprint density at radius 3 is 2.39 bits per heavy atom. The van der Waals surface area contributed by atoms with Gasteiger partial charge >= 0.3 is 0 Å². The van der Waals surface area contributed by atoms with E-state index in [0.717, 1.165) is 11.3 Å². The number of hydrogen-bond donors (Lipinski definition) is 1. The Bertz CT molecular complexity index is 1320. The minimum Gasteiger partial charge on any atom is -0.497 e. The van der Waals surface area contributed by atoms with E-state index in [-0.39, 0.29) is 17.4 Å². The number of halogens is 1. The van der Waals surface area contributed by atoms with E-state index in [1.807, 2.05) is 25.1 Å². The molecule has 0 unspecified atom stereocenters. The van der Waals surface area contributed by atoms with Crippen molar-refractivity contribution in [1.29, 1.82) is 0 Å². The molecule has 1 heterocycles. The molecular formula is C26H28ClN3O5S. The summed E-state index contributed by atoms with van der Waals surface area (Å²) < 4.78 is 38.7. The second kappa shape index (κ2) is 11.1. The molecule has 1 amide bonds. The van der Waals surface area contributed by atoms with Gasteiger partial charge in [0.25, 0.3) is 15.9 Å². The van der Waals surface area contributed by atoms with Gasteiger partial charge in [0.2, 0.25) is 0 Å². The number of hydrogen-bond acceptors (Lipinski definition) is 6. The van der Waals surface area contributed by atoms with Crippen molar-refractivity contribution in [3.63, 3.8) is 0 Å². The van der Waals surface area contributed by atoms with Crippen LogP contribution in [-0.4, -0.2) is 59.1 Å². The summed E-state index contributed by atoms with van der Waals surface area (Å²) in [7, 11) is -2.27. The van der Waals surface area contributed by atoms with E-state index in [4.69, 9.17) is 21.1 Å². The Kier molecular flexibility index (Phi) is 7.91. The highest BCUT2D eigenvalue weighted by Gasteiger charge is 2.23. The molecule has 0 aromatic heterocycles. The van der Waals surface area contributed by atoms with Crippen molar-refractivity contribution in [2.75, 3.05) is 49.5 Å². The predicted octanol–water partition coefficient (Wildman–Crippen LogP) is 4.19. The van der Waals surface area contributed by atoms with Gasteiger partial charge in [0.1, 0.15) is 11.5 Å². The summed E-state index contributed by atoms with van der Waals surface area (Å²) in [6.07, 6.45) is 0. The lowest BCUT2D eigenvalue weighted by molar-refractivity contribution is -0.133. The van der Waals surface area contributed by atoms with Crippen LogP contribution in [0.5, 0.6) is 11.5 Å². The summed E-state index contributed by atoms with van der Waals surface area (Å²) >= 11 is 6.15. The molecule has 0 aliphatic carbocycles. The van der Waals surface area contributed by atoms with Crippen LogP contribution >= 0.6 is 11.6 Å². The highest BCUT2D eigenvalue weighted by atomic mass is 35.5. The Morgan fingerprint density at radius 1 is 0.972 bits per heavy atom. The predicted molar refractivity (Wildman–Crippen MR) is 141 cm³/mol. The molecule has 0 atom stereocenters. The number of piperazine rings is 1. The van der Waals surface area contributed by atoms with Crippen LogP contribution in [0, 0.1) is 6.92 Å². The zero-order valence-electron chi connectivity index (χ0n) is 20.1. The van der Waals surface area contributed by atoms with Crippen molar-refractivity contribution in [1.82, 2.24) is 4.90 Å². The van der Waals surface area contributed by atoms with E-state index in [2.05, 4.69) is 9.62 Å². The summed E-state index contributed by atoms with van der Waals surface area (Å²) in [5.74, 6) is 0.843. The Balaban J connectivity index is 1.29. The number of nitrogens with zero attached hydrogens (tertiary/aromatic N) is 2. The zero-order valence-corrected chi connectivity index (χ0v) is 21.7. The Labute approximate surface area is 216 Å². The largest absolute Gasteiger partial charge is 0.497 e. The fraction of sp³-hybridized carbons (Fsp3) is 0.269. The molecule has 1 aliphatic heterocycles. The molecule has 1 fully saturated rings. The van der Waals surface area contributed by atoms with Crippen LogP contribution in [0.25, 0.3) is 0 Å². The molecule has 0 bridgehead atoms. The van der Waals surface area contributed by atoms with Crippen LogP contribution in [0.3, 0.4) is 0 Å². The smallest absolute Gasteiger partial charge is 0.261 e. The van der Waals surface area contributed by atoms with Crippen molar-refractivity contribution in [2.24, 2.45) is 0 Å². The van der Waals surface area contributed by atoms with Gasteiger partial charge in [0, 0.05) is 43.0 Å². The van der Waals surface area contributed by atoms with Gasteiger partial charge in [-0.05, 0) is 61.0 Å². The number of ether oxygens (including phenoxy) is 2. The van der Waals surface area contributed by atoms with Gasteiger partial charge in [-0.2, -0.15) is 0 Å². The topological polar surface area (TPSA) is 88.2 Å². The van der Waals surface area contributed by atoms with Crippen molar-refractivity contribution in [2.45, 2.75) is 11.8 Å². The average Bonchev–Trinajstić information content (AvgIpc) is 2.89. The molecule has 8 nitrogen and oxygen atoms in total. The number of anilines is 2. The minimum absolute atomic E-state index is 0.0800. The average molecular weight is 530 g/mol. The van der Waals surface area contributed by atoms with E-state index >= 15 is 0 Å². The van der Waals surface area contributed by atoms with E-state index < -0.39 is 10.0 Å². The first-order valence-electron chi connectivity index (χ1n) is 11.4. The molecule has 1 aliphatic rings. The number of sulfonamides is 1. The number of aryl methyl sites for hydroxylation is 1. The molecule has 1 saturated heterocycles. The first kappa shape index (κ1) is 25.7. The number of carbonyl (C=O) groups excluding carboxylic acids is 1. The normalized spacial score (nSPS) is 13.9. The van der Waals surface area contributed by atoms with Crippen molar-refractivity contribution in [3.8, 4) is 11.5 Å². The van der Waals surface area contributed by atoms with E-state index in [0.29, 0.717) is 48.4 Å². The van der Waals surface area contributed by atoms with Crippen LogP contribution in [0.2, 0.25) is 5.02 Å². The second-order valence-corrected chi connectivity index (χ2v) is 10.5. The quantitative estimate of drug-likeness (QED) is 0.471. The third kappa shape index (κ3) is 6.22. The van der Waals surface area contributed by atoms with E-state index in [1.54, 1.807) is 29.2 Å². The SMILES string of the molecule is COc1cccc(NS(=O)(=O)c2ccc(OCC(=O)N3CCN(c4cc(Cl)ccc4C)CC3)cc2)c1. The van der Waals surface area contributed by atoms with Gasteiger partial charge in [-0.3, -0.25) is 9.52 Å². The fourth-order valence-corrected chi connectivity index (χ4v) is 5.19. The molecule has 10 heteroatoms. The van der Waals surface area contributed by atoms with Gasteiger partial charge < -0.3 is 19.3 Å². The third-order valence-electron chi connectivity index (χ3n) is 5.96. The number of amides is 1. The van der Waals surface area contributed by atoms with Gasteiger partial charge in [0.05, 0.1) is 17.7 Å². The van der Waals surface area contributed by atoms with Crippen LogP contribution in [0.1, 0.15) is 5.56 Å². The fourth-order valence-electron chi connectivity index (χ4n) is 3.97. The number of benzene rings is 3. The zero-order chi connectivity index (χ0) is 25.7. The van der Waals surface area contributed by atoms with E-state index in [1.165, 1.54) is 31.4 Å². The molecule has 0 spiro atoms. The van der Waals surface area contributed by atoms with Gasteiger partial charge in [0.15, 0.2) is 6.61 Å². The standard InChI is InChI=1S/C26H28ClN3O5S/c1-19-6-7-20(27)16-25(19)29-12-14-30(15-13-29)26(31)18-35-22-8-10-24(11-9-22)36(32,33)28-21-4-3-5-23(17-21)34-2/h3-11,16-17,28H,12-15,18H2,1-2H3. The summed E-state index contributed by atoms with van der Waals surface area (Å²) in [6, 6.07) is 18.4. The van der Waals surface area contributed by atoms with Crippen LogP contribution in [0.4, 0.5) is 11.4 Å². The number of nitrogens with one attached hydrogen (secondary N) is 1. The molecular weight excluding hydrogens is 502 g/mol. The maximum atomic E-state index is 12.7. The molecule has 4 rings (SSSR count). The molecule has 0 radical (unpaired) electrons. The van der Waals surface area contributed by atoms with Gasteiger partial charge in [-0.25, -0.2) is 8.42 Å². The Morgan fingerprint density at radius 2 is 1.69 bits per heavy atom. The highest BCUT2D eigenvalue weighted by molar-refractivity contribution is 7.92. The van der Waals surface area contributed by atoms with Crippen molar-refractivity contribution in [3.05, 3.63) is 77.3 Å². The van der Waals surface area contributed by atoms with E-state index in [9.17, 15) is 13.2 Å². The minimum atomic E-state index is -3.79. The highest BCUT2D eigenvalue weighted by Crippen LogP contribution is 2.26. The molecule has 36 heavy (non-hydrogen) atoms. The van der Waals surface area contributed by atoms with Gasteiger partial charge in [-0.15, -0.1) is 0 Å². The second-order valence-electron chi connectivity index (χ2n) is 8.40. The first-order valence-corrected chi connectivity index (χ1v) is 13.3. The van der Waals surface area contributed by atoms with Gasteiger partial charge in [-0.1, -0.05) is 23.7 Å². The summed E-state index contributed by atoms with van der Waals surface area (Å²) in [5.41, 5.74) is 2.62. The summed E-state index contributed by atoms with van der Waals surface area (Å²) in [6.45, 7) is 4.51.